The van der Waals surface area contributed by atoms with Crippen LogP contribution in [0.5, 0.6) is 0 Å². The molecule has 0 saturated carbocycles. The minimum absolute atomic E-state index is 0.814. The van der Waals surface area contributed by atoms with E-state index in [0.717, 1.165) is 24.1 Å². The van der Waals surface area contributed by atoms with Crippen molar-refractivity contribution in [2.45, 2.75) is 26.8 Å². The monoisotopic (exact) mass is 218 g/mol. The van der Waals surface area contributed by atoms with E-state index in [1.54, 1.807) is 0 Å². The van der Waals surface area contributed by atoms with Crippen molar-refractivity contribution < 1.29 is 0 Å². The molecule has 0 spiro atoms. The molecule has 2 nitrogen and oxygen atoms in total. The van der Waals surface area contributed by atoms with Crippen LogP contribution >= 0.6 is 0 Å². The van der Waals surface area contributed by atoms with Crippen LogP contribution in [0, 0.1) is 11.8 Å². The second-order valence-electron chi connectivity index (χ2n) is 5.34. The van der Waals surface area contributed by atoms with Gasteiger partial charge in [0.2, 0.25) is 0 Å². The van der Waals surface area contributed by atoms with Crippen molar-refractivity contribution in [3.63, 3.8) is 0 Å². The van der Waals surface area contributed by atoms with E-state index in [9.17, 15) is 0 Å². The van der Waals surface area contributed by atoms with E-state index in [-0.39, 0.29) is 0 Å². The molecule has 2 N–H and O–H groups in total. The number of para-hydroxylation sites is 1. The van der Waals surface area contributed by atoms with Crippen LogP contribution in [0.2, 0.25) is 0 Å². The van der Waals surface area contributed by atoms with Crippen LogP contribution in [0.25, 0.3) is 0 Å². The van der Waals surface area contributed by atoms with Crippen molar-refractivity contribution in [1.82, 2.24) is 4.90 Å². The lowest BCUT2D eigenvalue weighted by Crippen LogP contribution is -2.38. The van der Waals surface area contributed by atoms with E-state index in [2.05, 4.69) is 30.9 Å². The van der Waals surface area contributed by atoms with E-state index in [1.807, 2.05) is 12.1 Å². The summed E-state index contributed by atoms with van der Waals surface area (Å²) in [7, 11) is 0. The topological polar surface area (TPSA) is 29.3 Å². The first-order chi connectivity index (χ1) is 7.65. The van der Waals surface area contributed by atoms with Gasteiger partial charge in [-0.15, -0.1) is 0 Å². The van der Waals surface area contributed by atoms with Gasteiger partial charge in [0.25, 0.3) is 0 Å². The quantitative estimate of drug-likeness (QED) is 0.773. The third-order valence-electron chi connectivity index (χ3n) is 3.39. The van der Waals surface area contributed by atoms with Crippen LogP contribution in [0.15, 0.2) is 24.3 Å². The standard InChI is InChI=1S/C14H22N2/c1-11-7-12(2)9-16(8-11)10-13-5-3-4-6-14(13)15/h3-6,11-12H,7-10,15H2,1-2H3. The molecule has 16 heavy (non-hydrogen) atoms. The summed E-state index contributed by atoms with van der Waals surface area (Å²) in [5.74, 6) is 1.63. The SMILES string of the molecule is CC1CC(C)CN(Cc2ccccc2N)C1. The zero-order chi connectivity index (χ0) is 11.5. The third-order valence-corrected chi connectivity index (χ3v) is 3.39. The summed E-state index contributed by atoms with van der Waals surface area (Å²) in [6.07, 6.45) is 1.36. The van der Waals surface area contributed by atoms with E-state index in [1.165, 1.54) is 25.1 Å². The predicted octanol–water partition coefficient (Wildman–Crippen LogP) is 2.75. The predicted molar refractivity (Wildman–Crippen MR) is 69.1 cm³/mol. The zero-order valence-corrected chi connectivity index (χ0v) is 10.3. The number of hydrogen-bond acceptors (Lipinski definition) is 2. The number of nitrogen functional groups attached to an aromatic ring is 1. The highest BCUT2D eigenvalue weighted by Gasteiger charge is 2.21. The number of nitrogens with zero attached hydrogens (tertiary/aromatic N) is 1. The van der Waals surface area contributed by atoms with Gasteiger partial charge in [0.1, 0.15) is 0 Å². The largest absolute Gasteiger partial charge is 0.398 e. The Morgan fingerprint density at radius 3 is 2.44 bits per heavy atom. The molecule has 1 aromatic carbocycles. The number of hydrogen-bond donors (Lipinski definition) is 1. The second kappa shape index (κ2) is 4.88. The van der Waals surface area contributed by atoms with E-state index >= 15 is 0 Å². The van der Waals surface area contributed by atoms with Crippen molar-refractivity contribution in [3.8, 4) is 0 Å². The van der Waals surface area contributed by atoms with Crippen molar-refractivity contribution in [2.24, 2.45) is 11.8 Å². The molecule has 0 aliphatic carbocycles. The van der Waals surface area contributed by atoms with Crippen molar-refractivity contribution in [3.05, 3.63) is 29.8 Å². The van der Waals surface area contributed by atoms with Gasteiger partial charge in [-0.25, -0.2) is 0 Å². The number of nitrogens with two attached hydrogens (primary N) is 1. The number of likely N-dealkylation sites (tertiary alicyclic amines) is 1. The van der Waals surface area contributed by atoms with Crippen LogP contribution in [0.3, 0.4) is 0 Å². The van der Waals surface area contributed by atoms with Gasteiger partial charge in [0.05, 0.1) is 0 Å². The Bertz CT molecular complexity index is 338. The molecule has 1 heterocycles. The van der Waals surface area contributed by atoms with Crippen molar-refractivity contribution >= 4 is 5.69 Å². The summed E-state index contributed by atoms with van der Waals surface area (Å²) in [4.78, 5) is 2.53. The molecule has 1 aliphatic heterocycles. The van der Waals surface area contributed by atoms with Gasteiger partial charge in [-0.05, 0) is 29.9 Å². The van der Waals surface area contributed by atoms with Gasteiger partial charge in [0, 0.05) is 25.3 Å². The Kier molecular flexibility index (Phi) is 3.49. The minimum Gasteiger partial charge on any atom is -0.398 e. The molecule has 0 amide bonds. The molecule has 1 aromatic rings. The molecule has 2 rings (SSSR count). The molecule has 88 valence electrons. The first-order valence-corrected chi connectivity index (χ1v) is 6.21. The van der Waals surface area contributed by atoms with Crippen LogP contribution in [-0.2, 0) is 6.54 Å². The smallest absolute Gasteiger partial charge is 0.0359 e. The summed E-state index contributed by atoms with van der Waals surface area (Å²) in [5, 5.41) is 0. The third kappa shape index (κ3) is 2.76. The maximum absolute atomic E-state index is 5.98. The highest BCUT2D eigenvalue weighted by Crippen LogP contribution is 2.23. The van der Waals surface area contributed by atoms with Gasteiger partial charge in [-0.2, -0.15) is 0 Å². The Morgan fingerprint density at radius 1 is 1.19 bits per heavy atom. The maximum Gasteiger partial charge on any atom is 0.0359 e. The molecule has 0 aromatic heterocycles. The highest BCUT2D eigenvalue weighted by molar-refractivity contribution is 5.46. The zero-order valence-electron chi connectivity index (χ0n) is 10.3. The van der Waals surface area contributed by atoms with E-state index in [4.69, 9.17) is 5.73 Å². The number of rotatable bonds is 2. The molecule has 2 unspecified atom stereocenters. The minimum atomic E-state index is 0.814. The van der Waals surface area contributed by atoms with Gasteiger partial charge in [-0.3, -0.25) is 4.90 Å². The van der Waals surface area contributed by atoms with Crippen LogP contribution < -0.4 is 5.73 Å². The summed E-state index contributed by atoms with van der Waals surface area (Å²) in [6, 6.07) is 8.20. The molecular weight excluding hydrogens is 196 g/mol. The van der Waals surface area contributed by atoms with Gasteiger partial charge >= 0.3 is 0 Å². The van der Waals surface area contributed by atoms with Crippen LogP contribution in [-0.4, -0.2) is 18.0 Å². The lowest BCUT2D eigenvalue weighted by molar-refractivity contribution is 0.134. The normalized spacial score (nSPS) is 26.9. The van der Waals surface area contributed by atoms with Crippen molar-refractivity contribution in [2.75, 3.05) is 18.8 Å². The van der Waals surface area contributed by atoms with E-state index in [0.29, 0.717) is 0 Å². The Labute approximate surface area is 98.4 Å². The summed E-state index contributed by atoms with van der Waals surface area (Å²) >= 11 is 0. The second-order valence-corrected chi connectivity index (χ2v) is 5.34. The average molecular weight is 218 g/mol. The van der Waals surface area contributed by atoms with Gasteiger partial charge in [-0.1, -0.05) is 32.0 Å². The molecule has 1 saturated heterocycles. The van der Waals surface area contributed by atoms with E-state index < -0.39 is 0 Å². The van der Waals surface area contributed by atoms with Crippen LogP contribution in [0.4, 0.5) is 5.69 Å². The fourth-order valence-electron chi connectivity index (χ4n) is 2.84. The fourth-order valence-corrected chi connectivity index (χ4v) is 2.84. The first kappa shape index (κ1) is 11.5. The van der Waals surface area contributed by atoms with Crippen LogP contribution in [0.1, 0.15) is 25.8 Å². The maximum atomic E-state index is 5.98. The molecule has 1 fully saturated rings. The Morgan fingerprint density at radius 2 is 1.81 bits per heavy atom. The summed E-state index contributed by atoms with van der Waals surface area (Å²) in [6.45, 7) is 8.10. The van der Waals surface area contributed by atoms with Crippen molar-refractivity contribution in [1.29, 1.82) is 0 Å². The first-order valence-electron chi connectivity index (χ1n) is 6.21. The lowest BCUT2D eigenvalue weighted by atomic mass is 9.91. The molecular formula is C14H22N2. The fraction of sp³-hybridized carbons (Fsp3) is 0.571. The number of piperidine rings is 1. The summed E-state index contributed by atoms with van der Waals surface area (Å²) < 4.78 is 0. The van der Waals surface area contributed by atoms with Gasteiger partial charge in [0.15, 0.2) is 0 Å². The summed E-state index contributed by atoms with van der Waals surface area (Å²) in [5.41, 5.74) is 8.17. The van der Waals surface area contributed by atoms with Gasteiger partial charge < -0.3 is 5.73 Å². The Hall–Kier alpha value is -1.02. The molecule has 0 bridgehead atoms. The lowest BCUT2D eigenvalue weighted by Gasteiger charge is -2.35. The molecule has 1 aliphatic rings. The Balaban J connectivity index is 2.02. The highest BCUT2D eigenvalue weighted by atomic mass is 15.1. The molecule has 0 radical (unpaired) electrons. The molecule has 2 heteroatoms. The number of anilines is 1. The number of benzene rings is 1. The average Bonchev–Trinajstić information content (AvgIpc) is 2.20. The molecule has 2 atom stereocenters.